The number of fused-ring (bicyclic) bond motifs is 2. The number of hydrogen-bond donors (Lipinski definition) is 2. The zero-order valence-electron chi connectivity index (χ0n) is 18.0. The summed E-state index contributed by atoms with van der Waals surface area (Å²) in [4.78, 5) is 20.5. The van der Waals surface area contributed by atoms with Crippen LogP contribution >= 0.6 is 0 Å². The van der Waals surface area contributed by atoms with Crippen LogP contribution in [0.5, 0.6) is 11.5 Å². The maximum absolute atomic E-state index is 12.5. The quantitative estimate of drug-likeness (QED) is 0.440. The van der Waals surface area contributed by atoms with Crippen molar-refractivity contribution >= 4 is 16.8 Å². The number of ether oxygens (including phenoxy) is 2. The van der Waals surface area contributed by atoms with Crippen LogP contribution in [-0.4, -0.2) is 22.7 Å². The molecule has 1 aliphatic heterocycles. The number of rotatable bonds is 7. The molecule has 0 saturated carbocycles. The third-order valence-corrected chi connectivity index (χ3v) is 5.74. The second-order valence-electron chi connectivity index (χ2n) is 8.06. The van der Waals surface area contributed by atoms with Gasteiger partial charge in [-0.15, -0.1) is 0 Å². The second kappa shape index (κ2) is 8.75. The zero-order valence-corrected chi connectivity index (χ0v) is 18.0. The van der Waals surface area contributed by atoms with E-state index in [-0.39, 0.29) is 12.7 Å². The Labute approximate surface area is 186 Å². The minimum Gasteiger partial charge on any atom is -0.454 e. The van der Waals surface area contributed by atoms with Gasteiger partial charge in [0.05, 0.1) is 11.4 Å². The predicted octanol–water partition coefficient (Wildman–Crippen LogP) is 4.91. The highest BCUT2D eigenvalue weighted by Gasteiger charge is 2.16. The Morgan fingerprint density at radius 3 is 2.88 bits per heavy atom. The van der Waals surface area contributed by atoms with E-state index in [1.165, 1.54) is 16.5 Å². The van der Waals surface area contributed by atoms with E-state index in [4.69, 9.17) is 9.47 Å². The van der Waals surface area contributed by atoms with E-state index >= 15 is 0 Å². The topological polar surface area (TPSA) is 76.2 Å². The number of aromatic amines is 1. The molecule has 6 nitrogen and oxygen atoms in total. The van der Waals surface area contributed by atoms with E-state index in [9.17, 15) is 4.79 Å². The van der Waals surface area contributed by atoms with E-state index < -0.39 is 0 Å². The summed E-state index contributed by atoms with van der Waals surface area (Å²) in [6, 6.07) is 18.1. The number of hydrogen-bond acceptors (Lipinski definition) is 4. The van der Waals surface area contributed by atoms with Crippen molar-refractivity contribution in [2.45, 2.75) is 32.7 Å². The minimum atomic E-state index is 0.0399. The molecule has 4 aromatic rings. The van der Waals surface area contributed by atoms with E-state index in [0.717, 1.165) is 46.8 Å². The van der Waals surface area contributed by atoms with Gasteiger partial charge in [-0.25, -0.2) is 0 Å². The third-order valence-electron chi connectivity index (χ3n) is 5.74. The van der Waals surface area contributed by atoms with Gasteiger partial charge in [0.1, 0.15) is 0 Å². The average molecular weight is 428 g/mol. The first-order valence-corrected chi connectivity index (χ1v) is 10.9. The number of H-pyrrole nitrogens is 1. The Balaban J connectivity index is 1.25. The third kappa shape index (κ3) is 4.17. The molecule has 0 aliphatic carbocycles. The SMILES string of the molecule is Cc1ccc2[nH]c(-c3ccccn3)c(CCCC(=O)NCc3ccc4c(c3)OCO4)c2c1. The van der Waals surface area contributed by atoms with E-state index in [1.54, 1.807) is 6.20 Å². The lowest BCUT2D eigenvalue weighted by Crippen LogP contribution is -2.22. The summed E-state index contributed by atoms with van der Waals surface area (Å²) in [6.45, 7) is 2.82. The van der Waals surface area contributed by atoms with Gasteiger partial charge >= 0.3 is 0 Å². The summed E-state index contributed by atoms with van der Waals surface area (Å²) < 4.78 is 10.7. The molecule has 0 bridgehead atoms. The molecule has 2 N–H and O–H groups in total. The molecule has 0 saturated heterocycles. The molecule has 0 unspecified atom stereocenters. The van der Waals surface area contributed by atoms with Crippen molar-refractivity contribution in [3.05, 3.63) is 77.5 Å². The minimum absolute atomic E-state index is 0.0399. The molecule has 1 aliphatic rings. The van der Waals surface area contributed by atoms with Gasteiger partial charge in [-0.1, -0.05) is 23.8 Å². The molecule has 32 heavy (non-hydrogen) atoms. The molecule has 6 heteroatoms. The number of nitrogens with zero attached hydrogens (tertiary/aromatic N) is 1. The van der Waals surface area contributed by atoms with Gasteiger partial charge in [-0.05, 0) is 67.3 Å². The van der Waals surface area contributed by atoms with Crippen LogP contribution in [-0.2, 0) is 17.8 Å². The normalized spacial score (nSPS) is 12.3. The number of carbonyl (C=O) groups excluding carboxylic acids is 1. The highest BCUT2D eigenvalue weighted by atomic mass is 16.7. The number of nitrogens with one attached hydrogen (secondary N) is 2. The van der Waals surface area contributed by atoms with Crippen LogP contribution in [0, 0.1) is 6.92 Å². The summed E-state index contributed by atoms with van der Waals surface area (Å²) >= 11 is 0. The highest BCUT2D eigenvalue weighted by Crippen LogP contribution is 2.33. The molecule has 2 aromatic carbocycles. The summed E-state index contributed by atoms with van der Waals surface area (Å²) in [7, 11) is 0. The van der Waals surface area contributed by atoms with Crippen LogP contribution in [0.25, 0.3) is 22.3 Å². The van der Waals surface area contributed by atoms with Gasteiger partial charge in [0.2, 0.25) is 12.7 Å². The molecule has 0 radical (unpaired) electrons. The Bertz CT molecular complexity index is 1260. The molecule has 2 aromatic heterocycles. The highest BCUT2D eigenvalue weighted by molar-refractivity contribution is 5.90. The largest absolute Gasteiger partial charge is 0.454 e. The summed E-state index contributed by atoms with van der Waals surface area (Å²) in [5.74, 6) is 1.52. The first-order chi connectivity index (χ1) is 15.7. The Kier molecular flexibility index (Phi) is 5.50. The zero-order chi connectivity index (χ0) is 21.9. The molecule has 3 heterocycles. The second-order valence-corrected chi connectivity index (χ2v) is 8.06. The number of aromatic nitrogens is 2. The lowest BCUT2D eigenvalue weighted by Gasteiger charge is -2.08. The number of aryl methyl sites for hydroxylation is 2. The molecule has 1 amide bonds. The molecule has 0 atom stereocenters. The number of benzene rings is 2. The van der Waals surface area contributed by atoms with Gasteiger partial charge in [0, 0.05) is 30.1 Å². The van der Waals surface area contributed by atoms with Crippen molar-refractivity contribution in [3.63, 3.8) is 0 Å². The van der Waals surface area contributed by atoms with Crippen LogP contribution in [0.2, 0.25) is 0 Å². The van der Waals surface area contributed by atoms with Crippen LogP contribution in [0.15, 0.2) is 60.8 Å². The lowest BCUT2D eigenvalue weighted by molar-refractivity contribution is -0.121. The first-order valence-electron chi connectivity index (χ1n) is 10.9. The lowest BCUT2D eigenvalue weighted by atomic mass is 10.0. The van der Waals surface area contributed by atoms with Gasteiger partial charge in [-0.3, -0.25) is 9.78 Å². The first kappa shape index (κ1) is 20.1. The Morgan fingerprint density at radius 1 is 1.09 bits per heavy atom. The van der Waals surface area contributed by atoms with Crippen LogP contribution in [0.3, 0.4) is 0 Å². The van der Waals surface area contributed by atoms with Crippen LogP contribution in [0.1, 0.15) is 29.5 Å². The van der Waals surface area contributed by atoms with Crippen LogP contribution in [0.4, 0.5) is 0 Å². The van der Waals surface area contributed by atoms with E-state index in [0.29, 0.717) is 13.0 Å². The average Bonchev–Trinajstić information content (AvgIpc) is 3.42. The molecular weight excluding hydrogens is 402 g/mol. The maximum atomic E-state index is 12.5. The van der Waals surface area contributed by atoms with E-state index in [1.807, 2.05) is 36.4 Å². The molecular formula is C26H25N3O3. The molecule has 0 fully saturated rings. The number of pyridine rings is 1. The van der Waals surface area contributed by atoms with Crippen LogP contribution < -0.4 is 14.8 Å². The van der Waals surface area contributed by atoms with Crippen molar-refractivity contribution in [1.29, 1.82) is 0 Å². The smallest absolute Gasteiger partial charge is 0.231 e. The van der Waals surface area contributed by atoms with Gasteiger partial charge in [0.25, 0.3) is 0 Å². The van der Waals surface area contributed by atoms with Gasteiger partial charge in [0.15, 0.2) is 11.5 Å². The van der Waals surface area contributed by atoms with Crippen molar-refractivity contribution in [1.82, 2.24) is 15.3 Å². The predicted molar refractivity (Wildman–Crippen MR) is 124 cm³/mol. The fourth-order valence-electron chi connectivity index (χ4n) is 4.12. The molecule has 5 rings (SSSR count). The summed E-state index contributed by atoms with van der Waals surface area (Å²) in [6.07, 6.45) is 3.82. The molecule has 0 spiro atoms. The van der Waals surface area contributed by atoms with Gasteiger partial charge < -0.3 is 19.8 Å². The fourth-order valence-corrected chi connectivity index (χ4v) is 4.12. The Hall–Kier alpha value is -3.80. The number of amides is 1. The Morgan fingerprint density at radius 2 is 2.00 bits per heavy atom. The summed E-state index contributed by atoms with van der Waals surface area (Å²) in [5, 5.41) is 4.21. The van der Waals surface area contributed by atoms with E-state index in [2.05, 4.69) is 40.4 Å². The summed E-state index contributed by atoms with van der Waals surface area (Å²) in [5.41, 5.74) is 6.47. The van der Waals surface area contributed by atoms with Crippen molar-refractivity contribution in [2.24, 2.45) is 0 Å². The fraction of sp³-hybridized carbons (Fsp3) is 0.231. The van der Waals surface area contributed by atoms with Crippen molar-refractivity contribution < 1.29 is 14.3 Å². The number of carbonyl (C=O) groups is 1. The monoisotopic (exact) mass is 427 g/mol. The van der Waals surface area contributed by atoms with Crippen molar-refractivity contribution in [3.8, 4) is 22.9 Å². The molecule has 162 valence electrons. The maximum Gasteiger partial charge on any atom is 0.231 e. The standard InChI is InChI=1S/C26H25N3O3/c1-17-8-10-21-20(13-17)19(26(29-21)22-6-2-3-12-27-22)5-4-7-25(30)28-15-18-9-11-23-24(14-18)32-16-31-23/h2-3,6,8-14,29H,4-5,7,15-16H2,1H3,(H,28,30). The van der Waals surface area contributed by atoms with Gasteiger partial charge in [-0.2, -0.15) is 0 Å². The van der Waals surface area contributed by atoms with Crippen molar-refractivity contribution in [2.75, 3.05) is 6.79 Å².